The summed E-state index contributed by atoms with van der Waals surface area (Å²) in [6, 6.07) is 0. The Labute approximate surface area is 302 Å². The third kappa shape index (κ3) is 40.1. The van der Waals surface area contributed by atoms with Gasteiger partial charge in [0.15, 0.2) is 0 Å². The van der Waals surface area contributed by atoms with E-state index in [2.05, 4.69) is 50.3 Å². The second-order valence-electron chi connectivity index (χ2n) is 11.9. The maximum absolute atomic E-state index is 12.5. The van der Waals surface area contributed by atoms with Gasteiger partial charge in [0.1, 0.15) is 6.10 Å². The summed E-state index contributed by atoms with van der Waals surface area (Å²) in [5, 5.41) is 18.5. The second kappa shape index (κ2) is 40.2. The number of hydrogen-bond acceptors (Lipinski definition) is 4. The van der Waals surface area contributed by atoms with Gasteiger partial charge in [-0.3, -0.25) is 9.59 Å². The Hall–Kier alpha value is -1.96. The van der Waals surface area contributed by atoms with Crippen LogP contribution in [-0.4, -0.2) is 34.4 Å². The number of hydrogen-bond donors (Lipinski definition) is 2. The highest BCUT2D eigenvalue weighted by Gasteiger charge is 2.11. The molecule has 0 aromatic rings. The zero-order valence-electron chi connectivity index (χ0n) is 29.8. The minimum Gasteiger partial charge on any atom is -0.481 e. The molecule has 0 fully saturated rings. The Kier molecular flexibility index (Phi) is 42.3. The van der Waals surface area contributed by atoms with Gasteiger partial charge in [-0.05, 0) is 76.7 Å². The van der Waals surface area contributed by atoms with E-state index in [0.29, 0.717) is 6.42 Å². The average molecular weight is 695 g/mol. The fourth-order valence-corrected chi connectivity index (χ4v) is 4.77. The zero-order valence-corrected chi connectivity index (χ0v) is 31.8. The number of aliphatic carboxylic acids is 1. The van der Waals surface area contributed by atoms with Crippen LogP contribution in [0, 0.1) is 0 Å². The van der Waals surface area contributed by atoms with Gasteiger partial charge in [0.2, 0.25) is 0 Å². The normalized spacial score (nSPS) is 13.3. The number of carboxylic acid groups (broad SMARTS) is 1. The van der Waals surface area contributed by atoms with Crippen molar-refractivity contribution in [2.24, 2.45) is 0 Å². The standard InChI is InChI=1S/C40H66O5.2H2S/c1-3-5-25-31-37(41)32-27-21-17-13-9-7-12-16-20-24-30-36-40(44)45-38(33-26-6-4-2)34-28-22-18-14-10-8-11-15-19-23-29-35-39(42)43;;/h7-10,17-18,21-22,27-28,32,34,37-38,41H,3-6,11-16,19-20,23-26,29-31,33,35-36H2,1-2H3,(H,42,43);2*1H2/b9-7-,10-8-,21-17-,22-18-,32-27+,34-28+;;/t37-,38-;;/m0../s1. The van der Waals surface area contributed by atoms with Crippen LogP contribution in [0.3, 0.4) is 0 Å². The summed E-state index contributed by atoms with van der Waals surface area (Å²) >= 11 is 0. The monoisotopic (exact) mass is 694 g/mol. The molecule has 0 bridgehead atoms. The molecule has 2 atom stereocenters. The number of aliphatic hydroxyl groups excluding tert-OH is 1. The lowest BCUT2D eigenvalue weighted by molar-refractivity contribution is -0.147. The molecule has 5 nitrogen and oxygen atoms in total. The molecule has 0 aromatic carbocycles. The van der Waals surface area contributed by atoms with E-state index in [4.69, 9.17) is 9.84 Å². The Balaban J connectivity index is -0.00000968. The predicted octanol–water partition coefficient (Wildman–Crippen LogP) is 11.5. The molecule has 0 radical (unpaired) electrons. The second-order valence-corrected chi connectivity index (χ2v) is 11.9. The van der Waals surface area contributed by atoms with Crippen molar-refractivity contribution in [1.29, 1.82) is 0 Å². The maximum atomic E-state index is 12.5. The molecule has 0 aromatic heterocycles. The predicted molar refractivity (Wildman–Crippen MR) is 212 cm³/mol. The van der Waals surface area contributed by atoms with Crippen LogP contribution < -0.4 is 0 Å². The van der Waals surface area contributed by atoms with Crippen molar-refractivity contribution >= 4 is 38.9 Å². The van der Waals surface area contributed by atoms with Crippen LogP contribution in [0.15, 0.2) is 72.9 Å². The van der Waals surface area contributed by atoms with Gasteiger partial charge in [-0.1, -0.05) is 138 Å². The Bertz CT molecular complexity index is 876. The van der Waals surface area contributed by atoms with E-state index in [-0.39, 0.29) is 51.6 Å². The lowest BCUT2D eigenvalue weighted by Crippen LogP contribution is -2.16. The van der Waals surface area contributed by atoms with E-state index in [0.717, 1.165) is 116 Å². The van der Waals surface area contributed by atoms with Crippen molar-refractivity contribution in [3.05, 3.63) is 72.9 Å². The molecular weight excluding hydrogens is 625 g/mol. The van der Waals surface area contributed by atoms with Crippen LogP contribution in [0.2, 0.25) is 0 Å². The van der Waals surface area contributed by atoms with Crippen molar-refractivity contribution < 1.29 is 24.5 Å². The molecule has 47 heavy (non-hydrogen) atoms. The van der Waals surface area contributed by atoms with Crippen LogP contribution in [0.5, 0.6) is 0 Å². The molecule has 0 heterocycles. The third-order valence-corrected chi connectivity index (χ3v) is 7.52. The van der Waals surface area contributed by atoms with Crippen molar-refractivity contribution in [2.75, 3.05) is 0 Å². The third-order valence-electron chi connectivity index (χ3n) is 7.52. The maximum Gasteiger partial charge on any atom is 0.306 e. The van der Waals surface area contributed by atoms with Crippen LogP contribution in [0.25, 0.3) is 0 Å². The first-order chi connectivity index (χ1) is 22.0. The molecule has 272 valence electrons. The summed E-state index contributed by atoms with van der Waals surface area (Å²) in [6.45, 7) is 4.35. The first-order valence-electron chi connectivity index (χ1n) is 18.1. The quantitative estimate of drug-likeness (QED) is 0.0327. The van der Waals surface area contributed by atoms with Crippen LogP contribution >= 0.6 is 27.0 Å². The minimum absolute atomic E-state index is 0. The van der Waals surface area contributed by atoms with Gasteiger partial charge in [0.25, 0.3) is 0 Å². The Morgan fingerprint density at radius 1 is 0.574 bits per heavy atom. The zero-order chi connectivity index (χ0) is 33.1. The molecule has 0 aliphatic rings. The molecule has 0 saturated carbocycles. The summed E-state index contributed by atoms with van der Waals surface area (Å²) in [4.78, 5) is 23.0. The molecule has 0 aliphatic carbocycles. The van der Waals surface area contributed by atoms with Crippen molar-refractivity contribution in [2.45, 2.75) is 167 Å². The van der Waals surface area contributed by atoms with E-state index in [1.807, 2.05) is 36.5 Å². The number of carboxylic acids is 1. The van der Waals surface area contributed by atoms with Gasteiger partial charge in [-0.25, -0.2) is 0 Å². The molecule has 0 amide bonds. The molecule has 2 N–H and O–H groups in total. The first-order valence-corrected chi connectivity index (χ1v) is 18.1. The molecule has 7 heteroatoms. The number of aliphatic hydroxyl groups is 1. The van der Waals surface area contributed by atoms with Gasteiger partial charge < -0.3 is 14.9 Å². The highest BCUT2D eigenvalue weighted by Crippen LogP contribution is 2.13. The van der Waals surface area contributed by atoms with E-state index in [1.54, 1.807) is 0 Å². The fourth-order valence-electron chi connectivity index (χ4n) is 4.77. The van der Waals surface area contributed by atoms with Gasteiger partial charge >= 0.3 is 11.9 Å². The summed E-state index contributed by atoms with van der Waals surface area (Å²) < 4.78 is 5.80. The fraction of sp³-hybridized carbons (Fsp3) is 0.650. The van der Waals surface area contributed by atoms with Crippen molar-refractivity contribution in [3.8, 4) is 0 Å². The Morgan fingerprint density at radius 2 is 1.09 bits per heavy atom. The molecule has 0 unspecified atom stereocenters. The minimum atomic E-state index is -0.706. The summed E-state index contributed by atoms with van der Waals surface area (Å²) in [5.41, 5.74) is 0. The van der Waals surface area contributed by atoms with Crippen LogP contribution in [0.4, 0.5) is 0 Å². The average Bonchev–Trinajstić information content (AvgIpc) is 3.01. The number of carbonyl (C=O) groups is 2. The first kappa shape index (κ1) is 49.4. The lowest BCUT2D eigenvalue weighted by Gasteiger charge is -2.14. The van der Waals surface area contributed by atoms with Gasteiger partial charge in [-0.15, -0.1) is 0 Å². The van der Waals surface area contributed by atoms with Crippen molar-refractivity contribution in [3.63, 3.8) is 0 Å². The largest absolute Gasteiger partial charge is 0.481 e. The highest BCUT2D eigenvalue weighted by atomic mass is 32.1. The summed E-state index contributed by atoms with van der Waals surface area (Å²) in [5.74, 6) is -0.798. The Morgan fingerprint density at radius 3 is 1.64 bits per heavy atom. The summed E-state index contributed by atoms with van der Waals surface area (Å²) in [6.07, 6.45) is 45.6. The topological polar surface area (TPSA) is 83.8 Å². The number of carbonyl (C=O) groups excluding carboxylic acids is 1. The molecule has 0 saturated heterocycles. The van der Waals surface area contributed by atoms with Gasteiger partial charge in [0.05, 0.1) is 6.10 Å². The molecular formula is C40H70O5S2. The van der Waals surface area contributed by atoms with E-state index in [9.17, 15) is 14.7 Å². The highest BCUT2D eigenvalue weighted by molar-refractivity contribution is 7.59. The smallest absolute Gasteiger partial charge is 0.306 e. The SMILES string of the molecule is CCCCC[C@H](O)/C=C/C=C\C/C=C\CCCCCCC(=O)O[C@H](/C=C/C=C\C/C=C\CCCCCCC(=O)O)CCCCC.S.S. The molecule has 0 spiro atoms. The van der Waals surface area contributed by atoms with Gasteiger partial charge in [0, 0.05) is 12.8 Å². The number of esters is 1. The number of unbranched alkanes of at least 4 members (excludes halogenated alkanes) is 12. The van der Waals surface area contributed by atoms with Gasteiger partial charge in [-0.2, -0.15) is 27.0 Å². The molecule has 0 aliphatic heterocycles. The van der Waals surface area contributed by atoms with E-state index < -0.39 is 5.97 Å². The number of ether oxygens (including phenoxy) is 1. The van der Waals surface area contributed by atoms with Crippen LogP contribution in [0.1, 0.15) is 155 Å². The van der Waals surface area contributed by atoms with E-state index >= 15 is 0 Å². The lowest BCUT2D eigenvalue weighted by atomic mass is 10.1. The summed E-state index contributed by atoms with van der Waals surface area (Å²) in [7, 11) is 0. The molecule has 0 rings (SSSR count). The van der Waals surface area contributed by atoms with Crippen LogP contribution in [-0.2, 0) is 14.3 Å². The number of rotatable bonds is 31. The van der Waals surface area contributed by atoms with E-state index in [1.165, 1.54) is 12.8 Å². The van der Waals surface area contributed by atoms with Crippen molar-refractivity contribution in [1.82, 2.24) is 0 Å². The number of allylic oxidation sites excluding steroid dienone is 10.